The van der Waals surface area contributed by atoms with Crippen LogP contribution in [0.1, 0.15) is 0 Å². The van der Waals surface area contributed by atoms with Gasteiger partial charge in [0.2, 0.25) is 0 Å². The molecule has 1 atom stereocenters. The molecule has 0 bridgehead atoms. The maximum absolute atomic E-state index is 6.37. The van der Waals surface area contributed by atoms with Crippen LogP contribution in [-0.4, -0.2) is 34.1 Å². The van der Waals surface area contributed by atoms with Gasteiger partial charge < -0.3 is 0 Å². The standard InChI is InChI=1S/C12H23ClGeN2SSi2/c1-18(2,3)15-17(12-10-8-7-9-11-12)16(14-13)19(4,5)6/h7-11H,1-6H3. The van der Waals surface area contributed by atoms with Gasteiger partial charge in [0, 0.05) is 0 Å². The van der Waals surface area contributed by atoms with Crippen molar-refractivity contribution in [2.75, 3.05) is 0 Å². The number of nitrogens with zero attached hydrogens (tertiary/aromatic N) is 2. The molecule has 19 heavy (non-hydrogen) atoms. The molecule has 106 valence electrons. The third-order valence-electron chi connectivity index (χ3n) is 2.17. The third-order valence-corrected chi connectivity index (χ3v) is 18.3. The fourth-order valence-corrected chi connectivity index (χ4v) is 16.3. The fourth-order valence-electron chi connectivity index (χ4n) is 1.42. The Balaban J connectivity index is 3.32. The molecule has 0 aliphatic heterocycles. The minimum absolute atomic E-state index is 0.159. The average Bonchev–Trinajstić information content (AvgIpc) is 2.26. The Labute approximate surface area is 133 Å². The second kappa shape index (κ2) is 7.04. The molecule has 1 rings (SSSR count). The van der Waals surface area contributed by atoms with E-state index in [2.05, 4.69) is 72.5 Å². The fraction of sp³-hybridized carbons (Fsp3) is 0.500. The normalized spacial score (nSPS) is 14.9. The van der Waals surface area contributed by atoms with Crippen LogP contribution in [0.5, 0.6) is 0 Å². The number of rotatable bonds is 5. The monoisotopic (exact) mass is 392 g/mol. The molecule has 0 saturated heterocycles. The molecule has 0 amide bonds. The molecule has 2 nitrogen and oxygen atoms in total. The molecule has 2 radical (unpaired) electrons. The third kappa shape index (κ3) is 5.85. The van der Waals surface area contributed by atoms with Crippen molar-refractivity contribution in [3.05, 3.63) is 30.3 Å². The van der Waals surface area contributed by atoms with E-state index in [0.717, 1.165) is 0 Å². The van der Waals surface area contributed by atoms with Crippen molar-refractivity contribution in [3.63, 3.8) is 0 Å². The van der Waals surface area contributed by atoms with E-state index in [4.69, 9.17) is 14.0 Å². The first-order chi connectivity index (χ1) is 8.65. The molecule has 0 aliphatic rings. The Hall–Kier alpha value is 0.597. The summed E-state index contributed by atoms with van der Waals surface area (Å²) in [4.78, 5) is 1.32. The van der Waals surface area contributed by atoms with Gasteiger partial charge in [-0.3, -0.25) is 0 Å². The Morgan fingerprint density at radius 1 is 1.05 bits per heavy atom. The molecule has 0 spiro atoms. The summed E-state index contributed by atoms with van der Waals surface area (Å²) >= 11 is -0.600. The van der Waals surface area contributed by atoms with Crippen LogP contribution in [0.15, 0.2) is 39.3 Å². The summed E-state index contributed by atoms with van der Waals surface area (Å²) in [7, 11) is 3.30. The Morgan fingerprint density at radius 3 is 1.95 bits per heavy atom. The summed E-state index contributed by atoms with van der Waals surface area (Å²) in [6.07, 6.45) is 0. The second-order valence-electron chi connectivity index (χ2n) is 6.39. The molecule has 0 heterocycles. The molecule has 0 N–H and O–H groups in total. The number of benzene rings is 1. The zero-order valence-electron chi connectivity index (χ0n) is 12.6. The van der Waals surface area contributed by atoms with Gasteiger partial charge in [0.25, 0.3) is 0 Å². The summed E-state index contributed by atoms with van der Waals surface area (Å²) in [6, 6.07) is 10.7. The van der Waals surface area contributed by atoms with Crippen LogP contribution < -0.4 is 0 Å². The van der Waals surface area contributed by atoms with Gasteiger partial charge in [-0.1, -0.05) is 0 Å². The van der Waals surface area contributed by atoms with Gasteiger partial charge in [0.15, 0.2) is 0 Å². The number of halogens is 1. The van der Waals surface area contributed by atoms with E-state index in [9.17, 15) is 0 Å². The molecule has 0 aromatic heterocycles. The molecule has 1 aromatic rings. The minimum atomic E-state index is -1.48. The summed E-state index contributed by atoms with van der Waals surface area (Å²) in [6.45, 7) is 14.0. The topological polar surface area (TPSA) is 15.6 Å². The zero-order chi connectivity index (χ0) is 14.7. The van der Waals surface area contributed by atoms with Crippen molar-refractivity contribution in [1.82, 2.24) is 2.93 Å². The number of hydrogen-bond donors (Lipinski definition) is 0. The molecule has 0 saturated carbocycles. The van der Waals surface area contributed by atoms with Crippen LogP contribution in [0.25, 0.3) is 0 Å². The van der Waals surface area contributed by atoms with E-state index < -0.39 is 31.2 Å². The van der Waals surface area contributed by atoms with Crippen LogP contribution in [0, 0.1) is 0 Å². The molecule has 7 heteroatoms. The molecular formula is C12H23ClGeN2SSi2. The van der Waals surface area contributed by atoms with E-state index in [0.29, 0.717) is 0 Å². The molecule has 1 unspecified atom stereocenters. The maximum atomic E-state index is 6.37. The van der Waals surface area contributed by atoms with Crippen LogP contribution >= 0.6 is 10.0 Å². The van der Waals surface area contributed by atoms with Crippen LogP contribution in [0.2, 0.25) is 39.3 Å². The van der Waals surface area contributed by atoms with Gasteiger partial charge in [0.05, 0.1) is 0 Å². The first-order valence-corrected chi connectivity index (χ1v) is 18.1. The van der Waals surface area contributed by atoms with Gasteiger partial charge in [-0.05, 0) is 0 Å². The van der Waals surface area contributed by atoms with E-state index >= 15 is 0 Å². The van der Waals surface area contributed by atoms with Gasteiger partial charge >= 0.3 is 134 Å². The Morgan fingerprint density at radius 2 is 1.58 bits per heavy atom. The van der Waals surface area contributed by atoms with Crippen LogP contribution in [0.3, 0.4) is 0 Å². The van der Waals surface area contributed by atoms with Gasteiger partial charge in [0.1, 0.15) is 0 Å². The second-order valence-corrected chi connectivity index (χ2v) is 21.7. The van der Waals surface area contributed by atoms with E-state index in [1.54, 1.807) is 0 Å². The quantitative estimate of drug-likeness (QED) is 0.675. The van der Waals surface area contributed by atoms with Crippen molar-refractivity contribution in [2.45, 2.75) is 44.2 Å². The SMILES string of the molecule is C[Si](C)(C)/N=S(/c1ccccc1)[N]([Ge][Cl])[Si](C)(C)C. The Kier molecular flexibility index (Phi) is 6.54. The first-order valence-electron chi connectivity index (χ1n) is 6.34. The molecule has 0 fully saturated rings. The Bertz CT molecular complexity index is 443. The average molecular weight is 392 g/mol. The molecule has 0 aliphatic carbocycles. The van der Waals surface area contributed by atoms with Crippen molar-refractivity contribution in [3.8, 4) is 0 Å². The van der Waals surface area contributed by atoms with Crippen molar-refractivity contribution in [2.24, 2.45) is 4.03 Å². The van der Waals surface area contributed by atoms with Gasteiger partial charge in [-0.2, -0.15) is 0 Å². The summed E-state index contributed by atoms with van der Waals surface area (Å²) in [5, 5.41) is 0. The zero-order valence-corrected chi connectivity index (χ0v) is 18.2. The van der Waals surface area contributed by atoms with Crippen molar-refractivity contribution in [1.29, 1.82) is 0 Å². The van der Waals surface area contributed by atoms with Crippen molar-refractivity contribution >= 4 is 52.1 Å². The summed E-state index contributed by atoms with van der Waals surface area (Å²) < 4.78 is 7.73. The molecule has 1 aromatic carbocycles. The van der Waals surface area contributed by atoms with E-state index in [1.165, 1.54) is 4.90 Å². The number of hydrogen-bond acceptors (Lipinski definition) is 1. The predicted molar refractivity (Wildman–Crippen MR) is 94.6 cm³/mol. The van der Waals surface area contributed by atoms with Crippen LogP contribution in [-0.2, 0) is 10.9 Å². The predicted octanol–water partition coefficient (Wildman–Crippen LogP) is 4.51. The van der Waals surface area contributed by atoms with E-state index in [1.807, 2.05) is 0 Å². The van der Waals surface area contributed by atoms with Gasteiger partial charge in [-0.25, -0.2) is 0 Å². The molecular weight excluding hydrogens is 368 g/mol. The first kappa shape index (κ1) is 17.6. The van der Waals surface area contributed by atoms with Crippen molar-refractivity contribution < 1.29 is 0 Å². The van der Waals surface area contributed by atoms with E-state index in [-0.39, 0.29) is 10.9 Å². The van der Waals surface area contributed by atoms with Gasteiger partial charge in [-0.15, -0.1) is 0 Å². The summed E-state index contributed by atoms with van der Waals surface area (Å²) in [5.41, 5.74) is 0. The van der Waals surface area contributed by atoms with Crippen LogP contribution in [0.4, 0.5) is 0 Å². The summed E-state index contributed by atoms with van der Waals surface area (Å²) in [5.74, 6) is 0.